The Balaban J connectivity index is 1.78. The molecule has 0 aromatic heterocycles. The molecule has 0 radical (unpaired) electrons. The van der Waals surface area contributed by atoms with E-state index in [-0.39, 0.29) is 0 Å². The highest BCUT2D eigenvalue weighted by molar-refractivity contribution is 7.91. The first-order valence-electron chi connectivity index (χ1n) is 6.25. The predicted molar refractivity (Wildman–Crippen MR) is 65.3 cm³/mol. The number of hydrogen-bond acceptors (Lipinski definition) is 4. The van der Waals surface area contributed by atoms with Crippen LogP contribution in [0.1, 0.15) is 26.2 Å². The molecule has 5 heteroatoms. The van der Waals surface area contributed by atoms with Crippen LogP contribution in [-0.4, -0.2) is 56.5 Å². The Hall–Kier alpha value is -0.130. The minimum absolute atomic E-state index is 0.334. The molecule has 1 N–H and O–H groups in total. The molecule has 2 fully saturated rings. The molecule has 2 aliphatic rings. The Morgan fingerprint density at radius 2 is 2.06 bits per heavy atom. The molecule has 1 aliphatic carbocycles. The molecule has 0 aromatic rings. The molecule has 1 saturated heterocycles. The highest BCUT2D eigenvalue weighted by atomic mass is 32.2. The van der Waals surface area contributed by atoms with Crippen LogP contribution < -0.4 is 5.32 Å². The minimum atomic E-state index is -2.77. The number of hydrogen-bond donors (Lipinski definition) is 1. The summed E-state index contributed by atoms with van der Waals surface area (Å²) in [6.07, 6.45) is 3.40. The minimum Gasteiger partial charge on any atom is -0.312 e. The summed E-state index contributed by atoms with van der Waals surface area (Å²) in [5, 5.41) is 3.50. The summed E-state index contributed by atoms with van der Waals surface area (Å²) in [6, 6.07) is 1.19. The van der Waals surface area contributed by atoms with Gasteiger partial charge >= 0.3 is 0 Å². The van der Waals surface area contributed by atoms with E-state index in [1.807, 2.05) is 0 Å². The van der Waals surface area contributed by atoms with Crippen molar-refractivity contribution >= 4 is 9.84 Å². The third-order valence-corrected chi connectivity index (χ3v) is 5.21. The van der Waals surface area contributed by atoms with Crippen molar-refractivity contribution in [3.05, 3.63) is 0 Å². The van der Waals surface area contributed by atoms with Gasteiger partial charge in [-0.3, -0.25) is 4.90 Å². The Morgan fingerprint density at radius 3 is 2.75 bits per heavy atom. The second-order valence-electron chi connectivity index (χ2n) is 5.07. The van der Waals surface area contributed by atoms with Crippen LogP contribution in [0.5, 0.6) is 0 Å². The van der Waals surface area contributed by atoms with Gasteiger partial charge in [-0.15, -0.1) is 0 Å². The Labute approximate surface area is 98.3 Å². The molecule has 4 nitrogen and oxygen atoms in total. The van der Waals surface area contributed by atoms with E-state index in [1.165, 1.54) is 12.8 Å². The van der Waals surface area contributed by atoms with Crippen LogP contribution in [0, 0.1) is 0 Å². The Morgan fingerprint density at radius 1 is 1.31 bits per heavy atom. The first-order chi connectivity index (χ1) is 7.57. The first-order valence-corrected chi connectivity index (χ1v) is 8.07. The summed E-state index contributed by atoms with van der Waals surface area (Å²) in [7, 11) is -2.77. The van der Waals surface area contributed by atoms with Crippen LogP contribution in [0.3, 0.4) is 0 Å². The van der Waals surface area contributed by atoms with Crippen molar-refractivity contribution in [1.29, 1.82) is 0 Å². The summed E-state index contributed by atoms with van der Waals surface area (Å²) in [4.78, 5) is 2.31. The largest absolute Gasteiger partial charge is 0.312 e. The van der Waals surface area contributed by atoms with Gasteiger partial charge in [0.15, 0.2) is 9.84 Å². The molecule has 2 rings (SSSR count). The molecular weight excluding hydrogens is 224 g/mol. The quantitative estimate of drug-likeness (QED) is 0.772. The number of rotatable bonds is 4. The maximum atomic E-state index is 11.5. The van der Waals surface area contributed by atoms with E-state index in [1.54, 1.807) is 0 Å². The van der Waals surface area contributed by atoms with Crippen LogP contribution in [0.25, 0.3) is 0 Å². The van der Waals surface area contributed by atoms with Crippen molar-refractivity contribution in [2.45, 2.75) is 38.3 Å². The summed E-state index contributed by atoms with van der Waals surface area (Å²) >= 11 is 0. The third-order valence-electron chi connectivity index (χ3n) is 3.49. The van der Waals surface area contributed by atoms with E-state index >= 15 is 0 Å². The van der Waals surface area contributed by atoms with Gasteiger partial charge in [-0.05, 0) is 32.7 Å². The van der Waals surface area contributed by atoms with Gasteiger partial charge < -0.3 is 5.32 Å². The highest BCUT2D eigenvalue weighted by Gasteiger charge is 2.25. The zero-order chi connectivity index (χ0) is 11.6. The normalized spacial score (nSPS) is 28.6. The van der Waals surface area contributed by atoms with E-state index in [4.69, 9.17) is 0 Å². The van der Waals surface area contributed by atoms with Gasteiger partial charge in [0.1, 0.15) is 0 Å². The van der Waals surface area contributed by atoms with Crippen molar-refractivity contribution in [1.82, 2.24) is 10.2 Å². The SMILES string of the molecule is CC(CNC1CC1)N1CCCS(=O)(=O)CC1. The standard InChI is InChI=1S/C11H22N2O2S/c1-10(9-12-11-3-4-11)13-5-2-7-16(14,15)8-6-13/h10-12H,2-9H2,1H3. The first kappa shape index (κ1) is 12.3. The van der Waals surface area contributed by atoms with Crippen LogP contribution in [0.2, 0.25) is 0 Å². The Kier molecular flexibility index (Phi) is 3.87. The van der Waals surface area contributed by atoms with Gasteiger partial charge in [-0.2, -0.15) is 0 Å². The topological polar surface area (TPSA) is 49.4 Å². The zero-order valence-corrected chi connectivity index (χ0v) is 10.8. The van der Waals surface area contributed by atoms with Crippen molar-refractivity contribution in [2.24, 2.45) is 0 Å². The maximum absolute atomic E-state index is 11.5. The van der Waals surface area contributed by atoms with E-state index in [2.05, 4.69) is 17.1 Å². The van der Waals surface area contributed by atoms with Gasteiger partial charge in [-0.25, -0.2) is 8.42 Å². The van der Waals surface area contributed by atoms with Crippen molar-refractivity contribution in [3.8, 4) is 0 Å². The molecule has 0 spiro atoms. The van der Waals surface area contributed by atoms with Gasteiger partial charge in [0.05, 0.1) is 11.5 Å². The lowest BCUT2D eigenvalue weighted by atomic mass is 10.2. The second-order valence-corrected chi connectivity index (χ2v) is 7.38. The van der Waals surface area contributed by atoms with E-state index in [9.17, 15) is 8.42 Å². The van der Waals surface area contributed by atoms with Gasteiger partial charge in [0, 0.05) is 25.2 Å². The molecular formula is C11H22N2O2S. The molecule has 94 valence electrons. The summed E-state index contributed by atoms with van der Waals surface area (Å²) in [5.74, 6) is 0.701. The highest BCUT2D eigenvalue weighted by Crippen LogP contribution is 2.18. The van der Waals surface area contributed by atoms with Crippen molar-refractivity contribution < 1.29 is 8.42 Å². The fraction of sp³-hybridized carbons (Fsp3) is 1.00. The summed E-state index contributed by atoms with van der Waals surface area (Å²) in [5.41, 5.74) is 0. The lowest BCUT2D eigenvalue weighted by molar-refractivity contribution is 0.219. The molecule has 1 unspecified atom stereocenters. The average molecular weight is 246 g/mol. The van der Waals surface area contributed by atoms with Crippen LogP contribution >= 0.6 is 0 Å². The van der Waals surface area contributed by atoms with Crippen molar-refractivity contribution in [3.63, 3.8) is 0 Å². The van der Waals surface area contributed by atoms with Gasteiger partial charge in [-0.1, -0.05) is 0 Å². The van der Waals surface area contributed by atoms with E-state index in [0.29, 0.717) is 24.1 Å². The lowest BCUT2D eigenvalue weighted by Gasteiger charge is -2.27. The predicted octanol–water partition coefficient (Wildman–Crippen LogP) is 0.247. The number of nitrogens with zero attached hydrogens (tertiary/aromatic N) is 1. The molecule has 0 aromatic carbocycles. The van der Waals surface area contributed by atoms with Crippen molar-refractivity contribution in [2.75, 3.05) is 31.1 Å². The maximum Gasteiger partial charge on any atom is 0.151 e. The molecule has 0 amide bonds. The van der Waals surface area contributed by atoms with Crippen LogP contribution in [0.15, 0.2) is 0 Å². The van der Waals surface area contributed by atoms with Gasteiger partial charge in [0.25, 0.3) is 0 Å². The monoisotopic (exact) mass is 246 g/mol. The van der Waals surface area contributed by atoms with E-state index in [0.717, 1.165) is 25.6 Å². The molecule has 1 heterocycles. The van der Waals surface area contributed by atoms with E-state index < -0.39 is 9.84 Å². The third kappa shape index (κ3) is 3.71. The van der Waals surface area contributed by atoms with Crippen LogP contribution in [0.4, 0.5) is 0 Å². The fourth-order valence-electron chi connectivity index (χ4n) is 2.15. The summed E-state index contributed by atoms with van der Waals surface area (Å²) < 4.78 is 22.9. The fourth-order valence-corrected chi connectivity index (χ4v) is 3.44. The average Bonchev–Trinajstić information content (AvgIpc) is 3.02. The zero-order valence-electron chi connectivity index (χ0n) is 9.98. The lowest BCUT2D eigenvalue weighted by Crippen LogP contribution is -2.42. The molecule has 1 aliphatic heterocycles. The second kappa shape index (κ2) is 5.02. The molecule has 1 saturated carbocycles. The molecule has 0 bridgehead atoms. The number of nitrogens with one attached hydrogen (secondary N) is 1. The molecule has 16 heavy (non-hydrogen) atoms. The smallest absolute Gasteiger partial charge is 0.151 e. The van der Waals surface area contributed by atoms with Gasteiger partial charge in [0.2, 0.25) is 0 Å². The molecule has 1 atom stereocenters. The summed E-state index contributed by atoms with van der Waals surface area (Å²) in [6.45, 7) is 4.81. The van der Waals surface area contributed by atoms with Crippen LogP contribution in [-0.2, 0) is 9.84 Å². The number of sulfone groups is 1. The Bertz CT molecular complexity index is 325.